The van der Waals surface area contributed by atoms with Gasteiger partial charge in [0.2, 0.25) is 0 Å². The third kappa shape index (κ3) is 11.6. The molecule has 8 heteroatoms. The highest BCUT2D eigenvalue weighted by Crippen LogP contribution is 2.52. The van der Waals surface area contributed by atoms with Crippen molar-refractivity contribution in [1.82, 2.24) is 0 Å². The summed E-state index contributed by atoms with van der Waals surface area (Å²) in [6, 6.07) is 41.0. The van der Waals surface area contributed by atoms with Gasteiger partial charge in [-0.05, 0) is 157 Å². The molecule has 0 radical (unpaired) electrons. The molecule has 6 rings (SSSR count). The number of hydrogen-bond acceptors (Lipinski definition) is 6. The van der Waals surface area contributed by atoms with E-state index in [4.69, 9.17) is 27.1 Å². The molecular formula is C52H60O6P2. The van der Waals surface area contributed by atoms with Crippen molar-refractivity contribution in [3.63, 3.8) is 0 Å². The normalized spacial score (nSPS) is 11.6. The molecule has 60 heavy (non-hydrogen) atoms. The van der Waals surface area contributed by atoms with Crippen LogP contribution in [0.4, 0.5) is 0 Å². The van der Waals surface area contributed by atoms with Crippen LogP contribution in [0.15, 0.2) is 121 Å². The first kappa shape index (κ1) is 44.5. The van der Waals surface area contributed by atoms with Crippen LogP contribution in [0.25, 0.3) is 11.1 Å². The second-order valence-corrected chi connectivity index (χ2v) is 18.8. The van der Waals surface area contributed by atoms with E-state index in [1.54, 1.807) is 0 Å². The average molecular weight is 843 g/mol. The largest absolute Gasteiger partial charge is 0.530 e. The van der Waals surface area contributed by atoms with E-state index in [-0.39, 0.29) is 0 Å². The molecule has 0 aliphatic carbocycles. The summed E-state index contributed by atoms with van der Waals surface area (Å²) in [5.41, 5.74) is 10.6. The van der Waals surface area contributed by atoms with Crippen LogP contribution >= 0.6 is 17.2 Å². The summed E-state index contributed by atoms with van der Waals surface area (Å²) < 4.78 is 40.2. The van der Waals surface area contributed by atoms with Crippen LogP contribution in [0.2, 0.25) is 0 Å². The Morgan fingerprint density at radius 2 is 0.550 bits per heavy atom. The van der Waals surface area contributed by atoms with Crippen molar-refractivity contribution in [3.05, 3.63) is 166 Å². The van der Waals surface area contributed by atoms with Crippen molar-refractivity contribution in [2.75, 3.05) is 0 Å². The lowest BCUT2D eigenvalue weighted by molar-refractivity contribution is 0.384. The summed E-state index contributed by atoms with van der Waals surface area (Å²) in [4.78, 5) is 0. The molecular weight excluding hydrogens is 783 g/mol. The Morgan fingerprint density at radius 1 is 0.317 bits per heavy atom. The summed E-state index contributed by atoms with van der Waals surface area (Å²) in [5.74, 6) is 5.50. The summed E-state index contributed by atoms with van der Waals surface area (Å²) in [6.45, 7) is 25.7. The first-order valence-electron chi connectivity index (χ1n) is 20.9. The molecule has 0 amide bonds. The van der Waals surface area contributed by atoms with Gasteiger partial charge in [0.15, 0.2) is 0 Å². The fraction of sp³-hybridized carbons (Fsp3) is 0.308. The van der Waals surface area contributed by atoms with Crippen molar-refractivity contribution in [3.8, 4) is 45.6 Å². The molecule has 0 N–H and O–H groups in total. The highest BCUT2D eigenvalue weighted by atomic mass is 31.2. The lowest BCUT2D eigenvalue weighted by Crippen LogP contribution is -2.07. The summed E-state index contributed by atoms with van der Waals surface area (Å²) in [6.07, 6.45) is 0. The molecule has 0 saturated heterocycles. The molecule has 0 aliphatic heterocycles. The maximum absolute atomic E-state index is 6.95. The van der Waals surface area contributed by atoms with Crippen molar-refractivity contribution in [2.24, 2.45) is 0 Å². The third-order valence-electron chi connectivity index (χ3n) is 10.4. The van der Waals surface area contributed by atoms with Crippen LogP contribution in [-0.4, -0.2) is 0 Å². The standard InChI is InChI=1S/C52H60O6P2/c1-33(2)41-13-21-45(22-14-41)53-59(54-46-23-15-42(16-24-46)34(3)4)57-51-39(11)29-37(9)31-49(51)50-32-38(10)30-40(12)52(50)58-60(55-47-25-17-43(18-26-47)35(5)6)56-48-27-19-44(20-28-48)36(7)8/h13-36H,1-12H3. The molecule has 0 atom stereocenters. The Morgan fingerprint density at radius 3 is 0.767 bits per heavy atom. The second kappa shape index (κ2) is 20.0. The van der Waals surface area contributed by atoms with Gasteiger partial charge in [0, 0.05) is 11.1 Å². The van der Waals surface area contributed by atoms with Crippen molar-refractivity contribution < 1.29 is 27.1 Å². The zero-order valence-corrected chi connectivity index (χ0v) is 39.0. The van der Waals surface area contributed by atoms with E-state index in [2.05, 4.69) is 156 Å². The van der Waals surface area contributed by atoms with E-state index in [9.17, 15) is 0 Å². The average Bonchev–Trinajstić information content (AvgIpc) is 3.20. The molecule has 0 heterocycles. The third-order valence-corrected chi connectivity index (χ3v) is 12.5. The van der Waals surface area contributed by atoms with E-state index in [0.29, 0.717) is 58.2 Å². The van der Waals surface area contributed by atoms with Gasteiger partial charge < -0.3 is 27.1 Å². The SMILES string of the molecule is Cc1cc(C)c(OP(Oc2ccc(C(C)C)cc2)Oc2ccc(C(C)C)cc2)c(-c2cc(C)cc(C)c2OP(Oc2ccc(C(C)C)cc2)Oc2ccc(C(C)C)cc2)c1. The van der Waals surface area contributed by atoms with Gasteiger partial charge >= 0.3 is 17.2 Å². The molecule has 0 aromatic heterocycles. The summed E-state index contributed by atoms with van der Waals surface area (Å²) in [7, 11) is -3.96. The van der Waals surface area contributed by atoms with Gasteiger partial charge in [0.25, 0.3) is 0 Å². The zero-order chi connectivity index (χ0) is 43.1. The first-order chi connectivity index (χ1) is 28.6. The van der Waals surface area contributed by atoms with E-state index < -0.39 is 17.2 Å². The van der Waals surface area contributed by atoms with Crippen LogP contribution in [0.1, 0.15) is 124 Å². The molecule has 0 unspecified atom stereocenters. The predicted molar refractivity (Wildman–Crippen MR) is 251 cm³/mol. The van der Waals surface area contributed by atoms with Crippen LogP contribution in [0.5, 0.6) is 34.5 Å². The molecule has 314 valence electrons. The van der Waals surface area contributed by atoms with Gasteiger partial charge in [-0.2, -0.15) is 0 Å². The molecule has 6 aromatic carbocycles. The van der Waals surface area contributed by atoms with E-state index in [1.807, 2.05) is 48.5 Å². The minimum atomic E-state index is -1.98. The topological polar surface area (TPSA) is 55.4 Å². The zero-order valence-electron chi connectivity index (χ0n) is 37.2. The predicted octanol–water partition coefficient (Wildman–Crippen LogP) is 16.6. The first-order valence-corrected chi connectivity index (χ1v) is 23.1. The smallest absolute Gasteiger partial charge is 0.409 e. The maximum Gasteiger partial charge on any atom is 0.530 e. The van der Waals surface area contributed by atoms with E-state index in [1.165, 1.54) is 22.3 Å². The minimum absolute atomic E-state index is 0.396. The van der Waals surface area contributed by atoms with Crippen molar-refractivity contribution >= 4 is 17.2 Å². The molecule has 6 nitrogen and oxygen atoms in total. The highest BCUT2D eigenvalue weighted by molar-refractivity contribution is 7.43. The summed E-state index contributed by atoms with van der Waals surface area (Å²) in [5, 5.41) is 0. The maximum atomic E-state index is 6.95. The Bertz CT molecular complexity index is 2040. The molecule has 6 aromatic rings. The Kier molecular flexibility index (Phi) is 14.9. The second-order valence-electron chi connectivity index (χ2n) is 16.8. The molecule has 0 bridgehead atoms. The fourth-order valence-corrected chi connectivity index (χ4v) is 8.99. The van der Waals surface area contributed by atoms with Gasteiger partial charge in [0.05, 0.1) is 0 Å². The number of benzene rings is 6. The Labute approximate surface area is 361 Å². The number of hydrogen-bond donors (Lipinski definition) is 0. The van der Waals surface area contributed by atoms with Crippen LogP contribution in [0, 0.1) is 27.7 Å². The monoisotopic (exact) mass is 842 g/mol. The van der Waals surface area contributed by atoms with Gasteiger partial charge in [-0.25, -0.2) is 0 Å². The fourth-order valence-electron chi connectivity index (χ4n) is 6.81. The van der Waals surface area contributed by atoms with Gasteiger partial charge in [-0.1, -0.05) is 116 Å². The molecule has 0 fully saturated rings. The number of rotatable bonds is 17. The van der Waals surface area contributed by atoms with Gasteiger partial charge in [-0.15, -0.1) is 0 Å². The van der Waals surface area contributed by atoms with E-state index >= 15 is 0 Å². The quantitative estimate of drug-likeness (QED) is 0.0853. The van der Waals surface area contributed by atoms with E-state index in [0.717, 1.165) is 33.4 Å². The molecule has 0 aliphatic rings. The van der Waals surface area contributed by atoms with Crippen LogP contribution in [-0.2, 0) is 0 Å². The highest BCUT2D eigenvalue weighted by Gasteiger charge is 2.28. The Balaban J connectivity index is 1.40. The minimum Gasteiger partial charge on any atom is -0.409 e. The van der Waals surface area contributed by atoms with Gasteiger partial charge in [-0.3, -0.25) is 0 Å². The van der Waals surface area contributed by atoms with Crippen molar-refractivity contribution in [1.29, 1.82) is 0 Å². The lowest BCUT2D eigenvalue weighted by atomic mass is 9.95. The summed E-state index contributed by atoms with van der Waals surface area (Å²) >= 11 is 0. The number of aryl methyl sites for hydroxylation is 4. The molecule has 0 saturated carbocycles. The van der Waals surface area contributed by atoms with Gasteiger partial charge in [0.1, 0.15) is 34.5 Å². The molecule has 0 spiro atoms. The van der Waals surface area contributed by atoms with Crippen molar-refractivity contribution in [2.45, 2.75) is 107 Å². The van der Waals surface area contributed by atoms with Crippen LogP contribution in [0.3, 0.4) is 0 Å². The Hall–Kier alpha value is -5.02. The lowest BCUT2D eigenvalue weighted by Gasteiger charge is -2.24. The van der Waals surface area contributed by atoms with Crippen LogP contribution < -0.4 is 27.1 Å².